The Morgan fingerprint density at radius 1 is 1.50 bits per heavy atom. The van der Waals surface area contributed by atoms with Gasteiger partial charge in [0.1, 0.15) is 5.92 Å². The van der Waals surface area contributed by atoms with Crippen LogP contribution in [0.1, 0.15) is 39.5 Å². The Kier molecular flexibility index (Phi) is 4.79. The van der Waals surface area contributed by atoms with Crippen LogP contribution in [0.4, 0.5) is 0 Å². The molecule has 0 N–H and O–H groups in total. The maximum absolute atomic E-state index is 11.9. The largest absolute Gasteiger partial charge is 0.345 e. The monoisotopic (exact) mass is 222 g/mol. The third kappa shape index (κ3) is 3.23. The zero-order valence-corrected chi connectivity index (χ0v) is 10.6. The molecule has 1 aliphatic carbocycles. The number of rotatable bonds is 5. The average Bonchev–Trinajstić information content (AvgIpc) is 2.15. The minimum Gasteiger partial charge on any atom is -0.345 e. The molecule has 1 amide bonds. The summed E-state index contributed by atoms with van der Waals surface area (Å²) in [6.45, 7) is 4.64. The molecule has 0 saturated heterocycles. The molecule has 0 aromatic rings. The van der Waals surface area contributed by atoms with Gasteiger partial charge in [-0.15, -0.1) is 0 Å². The van der Waals surface area contributed by atoms with E-state index in [1.54, 1.807) is 4.90 Å². The Labute approximate surface area is 98.4 Å². The van der Waals surface area contributed by atoms with Gasteiger partial charge in [-0.25, -0.2) is 0 Å². The molecular formula is C13H22N2O. The van der Waals surface area contributed by atoms with Crippen LogP contribution in [-0.2, 0) is 4.79 Å². The number of amides is 1. The molecule has 16 heavy (non-hydrogen) atoms. The van der Waals surface area contributed by atoms with Gasteiger partial charge in [-0.1, -0.05) is 33.1 Å². The number of nitriles is 1. The molecule has 0 bridgehead atoms. The number of hydrogen-bond donors (Lipinski definition) is 0. The number of carbonyl (C=O) groups is 1. The molecule has 0 heterocycles. The zero-order valence-electron chi connectivity index (χ0n) is 10.6. The van der Waals surface area contributed by atoms with E-state index in [0.29, 0.717) is 0 Å². The minimum atomic E-state index is -0.480. The smallest absolute Gasteiger partial charge is 0.239 e. The molecule has 0 aliphatic heterocycles. The SMILES string of the molecule is CC(C)C(C#N)C(=O)N(C)CCC1CCC1. The quantitative estimate of drug-likeness (QED) is 0.717. The topological polar surface area (TPSA) is 44.1 Å². The lowest BCUT2D eigenvalue weighted by Gasteiger charge is -2.28. The third-order valence-corrected chi connectivity index (χ3v) is 3.55. The first-order valence-corrected chi connectivity index (χ1v) is 6.20. The second-order valence-electron chi connectivity index (χ2n) is 5.20. The molecule has 3 heteroatoms. The summed E-state index contributed by atoms with van der Waals surface area (Å²) in [5.74, 6) is 0.418. The van der Waals surface area contributed by atoms with Crippen molar-refractivity contribution < 1.29 is 4.79 Å². The van der Waals surface area contributed by atoms with Crippen LogP contribution in [0.2, 0.25) is 0 Å². The van der Waals surface area contributed by atoms with Gasteiger partial charge in [-0.2, -0.15) is 5.26 Å². The molecule has 1 atom stereocenters. The maximum Gasteiger partial charge on any atom is 0.239 e. The molecule has 0 aromatic carbocycles. The van der Waals surface area contributed by atoms with Crippen LogP contribution < -0.4 is 0 Å². The summed E-state index contributed by atoms with van der Waals surface area (Å²) in [6.07, 6.45) is 5.06. The fraction of sp³-hybridized carbons (Fsp3) is 0.846. The van der Waals surface area contributed by atoms with Crippen LogP contribution in [0.15, 0.2) is 0 Å². The summed E-state index contributed by atoms with van der Waals surface area (Å²) >= 11 is 0. The van der Waals surface area contributed by atoms with Crippen molar-refractivity contribution >= 4 is 5.91 Å². The molecule has 0 radical (unpaired) electrons. The van der Waals surface area contributed by atoms with Crippen LogP contribution in [-0.4, -0.2) is 24.4 Å². The molecule has 1 saturated carbocycles. The van der Waals surface area contributed by atoms with E-state index < -0.39 is 5.92 Å². The fourth-order valence-corrected chi connectivity index (χ4v) is 1.99. The first kappa shape index (κ1) is 13.0. The van der Waals surface area contributed by atoms with Crippen molar-refractivity contribution in [1.82, 2.24) is 4.90 Å². The highest BCUT2D eigenvalue weighted by Gasteiger charge is 2.26. The average molecular weight is 222 g/mol. The van der Waals surface area contributed by atoms with Crippen LogP contribution in [0.25, 0.3) is 0 Å². The number of nitrogens with zero attached hydrogens (tertiary/aromatic N) is 2. The van der Waals surface area contributed by atoms with Crippen molar-refractivity contribution in [3.63, 3.8) is 0 Å². The van der Waals surface area contributed by atoms with E-state index in [2.05, 4.69) is 6.07 Å². The van der Waals surface area contributed by atoms with E-state index >= 15 is 0 Å². The molecular weight excluding hydrogens is 200 g/mol. The molecule has 1 rings (SSSR count). The van der Waals surface area contributed by atoms with Gasteiger partial charge in [0.15, 0.2) is 0 Å². The van der Waals surface area contributed by atoms with E-state index in [9.17, 15) is 4.79 Å². The first-order valence-electron chi connectivity index (χ1n) is 6.20. The highest BCUT2D eigenvalue weighted by Crippen LogP contribution is 2.29. The highest BCUT2D eigenvalue weighted by molar-refractivity contribution is 5.81. The van der Waals surface area contributed by atoms with E-state index in [4.69, 9.17) is 5.26 Å². The highest BCUT2D eigenvalue weighted by atomic mass is 16.2. The molecule has 90 valence electrons. The molecule has 1 aliphatic rings. The van der Waals surface area contributed by atoms with Crippen molar-refractivity contribution in [2.45, 2.75) is 39.5 Å². The van der Waals surface area contributed by atoms with Crippen LogP contribution >= 0.6 is 0 Å². The van der Waals surface area contributed by atoms with Crippen LogP contribution in [0.3, 0.4) is 0 Å². The van der Waals surface area contributed by atoms with Crippen LogP contribution in [0.5, 0.6) is 0 Å². The fourth-order valence-electron chi connectivity index (χ4n) is 1.99. The third-order valence-electron chi connectivity index (χ3n) is 3.55. The zero-order chi connectivity index (χ0) is 12.1. The summed E-state index contributed by atoms with van der Waals surface area (Å²) in [4.78, 5) is 13.7. The Balaban J connectivity index is 2.36. The van der Waals surface area contributed by atoms with Crippen molar-refractivity contribution in [2.24, 2.45) is 17.8 Å². The van der Waals surface area contributed by atoms with E-state index in [0.717, 1.165) is 18.9 Å². The normalized spacial score (nSPS) is 17.7. The van der Waals surface area contributed by atoms with Crippen molar-refractivity contribution in [3.05, 3.63) is 0 Å². The molecule has 1 fully saturated rings. The number of hydrogen-bond acceptors (Lipinski definition) is 2. The second kappa shape index (κ2) is 5.89. The Morgan fingerprint density at radius 3 is 2.50 bits per heavy atom. The predicted octanol–water partition coefficient (Wildman–Crippen LogP) is 2.43. The molecule has 1 unspecified atom stereocenters. The van der Waals surface area contributed by atoms with Crippen LogP contribution in [0, 0.1) is 29.1 Å². The predicted molar refractivity (Wildman–Crippen MR) is 63.5 cm³/mol. The van der Waals surface area contributed by atoms with Crippen molar-refractivity contribution in [2.75, 3.05) is 13.6 Å². The van der Waals surface area contributed by atoms with Gasteiger partial charge in [-0.05, 0) is 18.3 Å². The van der Waals surface area contributed by atoms with Gasteiger partial charge in [0.2, 0.25) is 5.91 Å². The van der Waals surface area contributed by atoms with Gasteiger partial charge in [-0.3, -0.25) is 4.79 Å². The van der Waals surface area contributed by atoms with E-state index in [1.807, 2.05) is 20.9 Å². The lowest BCUT2D eigenvalue weighted by atomic mass is 9.83. The van der Waals surface area contributed by atoms with Gasteiger partial charge < -0.3 is 4.90 Å². The Morgan fingerprint density at radius 2 is 2.12 bits per heavy atom. The molecule has 0 aromatic heterocycles. The second-order valence-corrected chi connectivity index (χ2v) is 5.20. The van der Waals surface area contributed by atoms with E-state index in [-0.39, 0.29) is 11.8 Å². The van der Waals surface area contributed by atoms with Gasteiger partial charge in [0.25, 0.3) is 0 Å². The summed E-state index contributed by atoms with van der Waals surface area (Å²) in [6, 6.07) is 2.11. The molecule has 0 spiro atoms. The first-order chi connectivity index (χ1) is 7.56. The summed E-state index contributed by atoms with van der Waals surface area (Å²) in [5.41, 5.74) is 0. The van der Waals surface area contributed by atoms with Gasteiger partial charge in [0, 0.05) is 13.6 Å². The minimum absolute atomic E-state index is 0.0168. The Hall–Kier alpha value is -1.04. The number of carbonyl (C=O) groups excluding carboxylic acids is 1. The maximum atomic E-state index is 11.9. The molecule has 3 nitrogen and oxygen atoms in total. The van der Waals surface area contributed by atoms with Gasteiger partial charge >= 0.3 is 0 Å². The lowest BCUT2D eigenvalue weighted by molar-refractivity contribution is -0.133. The van der Waals surface area contributed by atoms with Gasteiger partial charge in [0.05, 0.1) is 6.07 Å². The Bertz CT molecular complexity index is 276. The summed E-state index contributed by atoms with van der Waals surface area (Å²) in [5, 5.41) is 8.95. The lowest BCUT2D eigenvalue weighted by Crippen LogP contribution is -2.36. The summed E-state index contributed by atoms with van der Waals surface area (Å²) < 4.78 is 0. The standard InChI is InChI=1S/C13H22N2O/c1-10(2)12(9-14)13(16)15(3)8-7-11-5-4-6-11/h10-12H,4-8H2,1-3H3. The van der Waals surface area contributed by atoms with E-state index in [1.165, 1.54) is 19.3 Å². The van der Waals surface area contributed by atoms with Crippen molar-refractivity contribution in [1.29, 1.82) is 5.26 Å². The van der Waals surface area contributed by atoms with Crippen molar-refractivity contribution in [3.8, 4) is 6.07 Å². The summed E-state index contributed by atoms with van der Waals surface area (Å²) in [7, 11) is 1.81.